The summed E-state index contributed by atoms with van der Waals surface area (Å²) in [5.74, 6) is -1.19. The van der Waals surface area contributed by atoms with Crippen molar-refractivity contribution >= 4 is 23.3 Å². The van der Waals surface area contributed by atoms with Crippen LogP contribution in [-0.2, 0) is 9.53 Å². The van der Waals surface area contributed by atoms with E-state index in [1.165, 1.54) is 6.07 Å². The number of amides is 1. The molecule has 0 saturated carbocycles. The van der Waals surface area contributed by atoms with Crippen molar-refractivity contribution < 1.29 is 28.7 Å². The Morgan fingerprint density at radius 3 is 2.37 bits per heavy atom. The summed E-state index contributed by atoms with van der Waals surface area (Å²) in [6, 6.07) is 7.76. The lowest BCUT2D eigenvalue weighted by molar-refractivity contribution is -0.385. The van der Waals surface area contributed by atoms with Crippen molar-refractivity contribution in [1.29, 1.82) is 0 Å². The molecular formula is C18H16N2O7. The zero-order chi connectivity index (χ0) is 19.6. The van der Waals surface area contributed by atoms with Crippen LogP contribution in [0.3, 0.4) is 0 Å². The van der Waals surface area contributed by atoms with E-state index in [-0.39, 0.29) is 23.9 Å². The Bertz CT molecular complexity index is 919. The van der Waals surface area contributed by atoms with Gasteiger partial charge in [-0.2, -0.15) is 0 Å². The molecule has 0 radical (unpaired) electrons. The van der Waals surface area contributed by atoms with E-state index in [1.54, 1.807) is 12.1 Å². The van der Waals surface area contributed by atoms with Crippen LogP contribution in [0.25, 0.3) is 0 Å². The van der Waals surface area contributed by atoms with Gasteiger partial charge in [-0.15, -0.1) is 0 Å². The minimum Gasteiger partial charge on any atom is -0.454 e. The number of nitrogens with one attached hydrogen (secondary N) is 1. The van der Waals surface area contributed by atoms with Gasteiger partial charge in [-0.3, -0.25) is 14.9 Å². The van der Waals surface area contributed by atoms with E-state index in [4.69, 9.17) is 14.2 Å². The summed E-state index contributed by atoms with van der Waals surface area (Å²) < 4.78 is 15.1. The van der Waals surface area contributed by atoms with Crippen molar-refractivity contribution in [1.82, 2.24) is 0 Å². The van der Waals surface area contributed by atoms with Crippen LogP contribution in [0.4, 0.5) is 11.4 Å². The molecule has 9 heteroatoms. The summed E-state index contributed by atoms with van der Waals surface area (Å²) in [4.78, 5) is 34.7. The quantitative estimate of drug-likeness (QED) is 0.487. The summed E-state index contributed by atoms with van der Waals surface area (Å²) >= 11 is 0. The number of nitro groups is 1. The van der Waals surface area contributed by atoms with E-state index < -0.39 is 29.1 Å². The number of benzene rings is 2. The van der Waals surface area contributed by atoms with Crippen LogP contribution in [0.2, 0.25) is 0 Å². The highest BCUT2D eigenvalue weighted by molar-refractivity contribution is 5.98. The Hall–Kier alpha value is -3.62. The third kappa shape index (κ3) is 4.14. The molecule has 0 bridgehead atoms. The van der Waals surface area contributed by atoms with E-state index in [0.29, 0.717) is 5.69 Å². The number of aryl methyl sites for hydroxylation is 2. The number of hydrogen-bond acceptors (Lipinski definition) is 7. The molecule has 1 heterocycles. The minimum absolute atomic E-state index is 0.0939. The zero-order valence-corrected chi connectivity index (χ0v) is 14.6. The topological polar surface area (TPSA) is 117 Å². The fourth-order valence-corrected chi connectivity index (χ4v) is 2.70. The second kappa shape index (κ2) is 7.32. The molecular weight excluding hydrogens is 356 g/mol. The first kappa shape index (κ1) is 18.2. The number of carbonyl (C=O) groups excluding carboxylic acids is 2. The normalized spacial score (nSPS) is 11.8. The van der Waals surface area contributed by atoms with Crippen LogP contribution in [0.15, 0.2) is 30.3 Å². The van der Waals surface area contributed by atoms with Crippen molar-refractivity contribution in [2.45, 2.75) is 13.8 Å². The molecule has 0 spiro atoms. The molecule has 0 atom stereocenters. The van der Waals surface area contributed by atoms with Crippen molar-refractivity contribution in [2.75, 3.05) is 18.7 Å². The van der Waals surface area contributed by atoms with Gasteiger partial charge in [0, 0.05) is 11.8 Å². The van der Waals surface area contributed by atoms with Gasteiger partial charge in [0.05, 0.1) is 11.0 Å². The van der Waals surface area contributed by atoms with Gasteiger partial charge in [0.25, 0.3) is 11.6 Å². The van der Waals surface area contributed by atoms with Gasteiger partial charge < -0.3 is 19.5 Å². The lowest BCUT2D eigenvalue weighted by atomic mass is 10.1. The highest BCUT2D eigenvalue weighted by atomic mass is 16.7. The van der Waals surface area contributed by atoms with E-state index in [9.17, 15) is 19.7 Å². The number of hydrogen-bond donors (Lipinski definition) is 1. The summed E-state index contributed by atoms with van der Waals surface area (Å²) in [6.45, 7) is 3.10. The number of nitro benzene ring substituents is 1. The first-order valence-electron chi connectivity index (χ1n) is 7.97. The predicted octanol–water partition coefficient (Wildman–Crippen LogP) is 2.74. The van der Waals surface area contributed by atoms with Crippen molar-refractivity contribution in [3.05, 3.63) is 57.1 Å². The Morgan fingerprint density at radius 2 is 1.74 bits per heavy atom. The van der Waals surface area contributed by atoms with E-state index >= 15 is 0 Å². The molecule has 0 saturated heterocycles. The molecule has 1 aliphatic rings. The van der Waals surface area contributed by atoms with Crippen LogP contribution in [0.1, 0.15) is 21.5 Å². The molecule has 3 rings (SSSR count). The molecule has 0 unspecified atom stereocenters. The van der Waals surface area contributed by atoms with Crippen LogP contribution in [0, 0.1) is 24.0 Å². The first-order valence-corrected chi connectivity index (χ1v) is 7.97. The van der Waals surface area contributed by atoms with Gasteiger partial charge in [-0.05, 0) is 37.1 Å². The molecule has 0 aliphatic carbocycles. The average molecular weight is 372 g/mol. The van der Waals surface area contributed by atoms with Gasteiger partial charge in [0.1, 0.15) is 5.56 Å². The third-order valence-corrected chi connectivity index (χ3v) is 3.75. The maximum Gasteiger partial charge on any atom is 0.345 e. The number of ether oxygens (including phenoxy) is 3. The molecule has 2 aromatic rings. The summed E-state index contributed by atoms with van der Waals surface area (Å²) in [5, 5.41) is 13.8. The second-order valence-corrected chi connectivity index (χ2v) is 5.98. The highest BCUT2D eigenvalue weighted by Gasteiger charge is 2.28. The zero-order valence-electron chi connectivity index (χ0n) is 14.6. The molecule has 140 valence electrons. The Kier molecular flexibility index (Phi) is 4.93. The Balaban J connectivity index is 1.69. The number of carbonyl (C=O) groups is 2. The third-order valence-electron chi connectivity index (χ3n) is 3.75. The van der Waals surface area contributed by atoms with Crippen molar-refractivity contribution in [3.63, 3.8) is 0 Å². The molecule has 1 N–H and O–H groups in total. The van der Waals surface area contributed by atoms with E-state index in [0.717, 1.165) is 17.2 Å². The van der Waals surface area contributed by atoms with Gasteiger partial charge in [0.15, 0.2) is 18.1 Å². The number of esters is 1. The highest BCUT2D eigenvalue weighted by Crippen LogP contribution is 2.38. The summed E-state index contributed by atoms with van der Waals surface area (Å²) in [6.07, 6.45) is 0. The maximum absolute atomic E-state index is 12.2. The largest absolute Gasteiger partial charge is 0.454 e. The lowest BCUT2D eigenvalue weighted by Gasteiger charge is -2.09. The SMILES string of the molecule is Cc1cc(C)cc(NC(=O)COC(=O)c2cc3c(cc2[N+](=O)[O-])OCO3)c1. The molecule has 9 nitrogen and oxygen atoms in total. The second-order valence-electron chi connectivity index (χ2n) is 5.98. The predicted molar refractivity (Wildman–Crippen MR) is 94.0 cm³/mol. The van der Waals surface area contributed by atoms with Crippen LogP contribution in [0.5, 0.6) is 11.5 Å². The maximum atomic E-state index is 12.2. The molecule has 1 amide bonds. The van der Waals surface area contributed by atoms with E-state index in [1.807, 2.05) is 19.9 Å². The van der Waals surface area contributed by atoms with Crippen LogP contribution in [-0.4, -0.2) is 30.2 Å². The van der Waals surface area contributed by atoms with Gasteiger partial charge in [-0.1, -0.05) is 6.07 Å². The van der Waals surface area contributed by atoms with Crippen molar-refractivity contribution in [3.8, 4) is 11.5 Å². The average Bonchev–Trinajstić information content (AvgIpc) is 3.05. The van der Waals surface area contributed by atoms with Gasteiger partial charge in [0.2, 0.25) is 6.79 Å². The molecule has 27 heavy (non-hydrogen) atoms. The first-order chi connectivity index (χ1) is 12.8. The number of rotatable bonds is 5. The Labute approximate surface area is 154 Å². The monoisotopic (exact) mass is 372 g/mol. The molecule has 1 aliphatic heterocycles. The van der Waals surface area contributed by atoms with Crippen LogP contribution < -0.4 is 14.8 Å². The molecule has 0 fully saturated rings. The standard InChI is InChI=1S/C18H16N2O7/c1-10-3-11(2)5-12(4-10)19-17(21)8-25-18(22)13-6-15-16(27-9-26-15)7-14(13)20(23)24/h3-7H,8-9H2,1-2H3,(H,19,21). The molecule has 0 aromatic heterocycles. The van der Waals surface area contributed by atoms with Gasteiger partial charge >= 0.3 is 5.97 Å². The summed E-state index contributed by atoms with van der Waals surface area (Å²) in [7, 11) is 0. The smallest absolute Gasteiger partial charge is 0.345 e. The molecule has 2 aromatic carbocycles. The number of nitrogens with zero attached hydrogens (tertiary/aromatic N) is 1. The minimum atomic E-state index is -1.00. The van der Waals surface area contributed by atoms with E-state index in [2.05, 4.69) is 5.32 Å². The van der Waals surface area contributed by atoms with Gasteiger partial charge in [-0.25, -0.2) is 4.79 Å². The van der Waals surface area contributed by atoms with Crippen molar-refractivity contribution in [2.24, 2.45) is 0 Å². The fourth-order valence-electron chi connectivity index (χ4n) is 2.70. The number of anilines is 1. The fraction of sp³-hybridized carbons (Fsp3) is 0.222. The lowest BCUT2D eigenvalue weighted by Crippen LogP contribution is -2.21. The Morgan fingerprint density at radius 1 is 1.11 bits per heavy atom. The summed E-state index contributed by atoms with van der Waals surface area (Å²) in [5.41, 5.74) is 1.71. The van der Waals surface area contributed by atoms with Crippen LogP contribution >= 0.6 is 0 Å². The number of fused-ring (bicyclic) bond motifs is 1.